The number of methoxy groups -OCH3 is 1. The van der Waals surface area contributed by atoms with E-state index in [0.29, 0.717) is 5.92 Å². The maximum atomic E-state index is 5.38. The van der Waals surface area contributed by atoms with Crippen LogP contribution in [0.5, 0.6) is 5.75 Å². The van der Waals surface area contributed by atoms with Crippen molar-refractivity contribution in [3.8, 4) is 5.75 Å². The second-order valence-electron chi connectivity index (χ2n) is 5.42. The minimum Gasteiger partial charge on any atom is -0.497 e. The summed E-state index contributed by atoms with van der Waals surface area (Å²) >= 11 is 0. The van der Waals surface area contributed by atoms with Crippen LogP contribution in [0.25, 0.3) is 0 Å². The molecule has 0 spiro atoms. The Morgan fingerprint density at radius 2 is 1.95 bits per heavy atom. The smallest absolute Gasteiger partial charge is 0.226 e. The largest absolute Gasteiger partial charge is 0.497 e. The van der Waals surface area contributed by atoms with Crippen LogP contribution < -0.4 is 10.1 Å². The van der Waals surface area contributed by atoms with E-state index in [4.69, 9.17) is 9.26 Å². The first-order valence-electron chi connectivity index (χ1n) is 7.51. The molecular weight excluding hydrogens is 266 g/mol. The Kier molecular flexibility index (Phi) is 4.50. The molecule has 0 saturated carbocycles. The fourth-order valence-electron chi connectivity index (χ4n) is 2.66. The predicted molar refractivity (Wildman–Crippen MR) is 79.5 cm³/mol. The van der Waals surface area contributed by atoms with Gasteiger partial charge in [0.15, 0.2) is 5.82 Å². The highest BCUT2D eigenvalue weighted by molar-refractivity contribution is 5.27. The highest BCUT2D eigenvalue weighted by atomic mass is 16.5. The molecule has 2 heterocycles. The molecule has 5 heteroatoms. The van der Waals surface area contributed by atoms with Crippen molar-refractivity contribution in [3.63, 3.8) is 0 Å². The summed E-state index contributed by atoms with van der Waals surface area (Å²) in [6.07, 6.45) is 3.87. The van der Waals surface area contributed by atoms with Crippen LogP contribution in [0.2, 0.25) is 0 Å². The summed E-state index contributed by atoms with van der Waals surface area (Å²) < 4.78 is 10.5. The molecule has 1 aliphatic heterocycles. The predicted octanol–water partition coefficient (Wildman–Crippen LogP) is 2.33. The van der Waals surface area contributed by atoms with Crippen LogP contribution in [0, 0.1) is 0 Å². The summed E-state index contributed by atoms with van der Waals surface area (Å²) in [7, 11) is 1.68. The number of rotatable bonds is 5. The van der Waals surface area contributed by atoms with Crippen molar-refractivity contribution in [2.75, 3.05) is 20.2 Å². The molecule has 0 unspecified atom stereocenters. The Morgan fingerprint density at radius 1 is 1.19 bits per heavy atom. The van der Waals surface area contributed by atoms with Gasteiger partial charge in [-0.2, -0.15) is 4.98 Å². The number of nitrogens with zero attached hydrogens (tertiary/aromatic N) is 2. The highest BCUT2D eigenvalue weighted by Gasteiger charge is 2.20. The van der Waals surface area contributed by atoms with E-state index in [2.05, 4.69) is 27.6 Å². The number of benzene rings is 1. The molecular formula is C16H21N3O2. The summed E-state index contributed by atoms with van der Waals surface area (Å²) in [4.78, 5) is 4.55. The van der Waals surface area contributed by atoms with Crippen molar-refractivity contribution in [1.82, 2.24) is 15.5 Å². The van der Waals surface area contributed by atoms with Gasteiger partial charge in [-0.25, -0.2) is 0 Å². The number of hydrogen-bond donors (Lipinski definition) is 1. The third kappa shape index (κ3) is 3.61. The van der Waals surface area contributed by atoms with Crippen LogP contribution >= 0.6 is 0 Å². The van der Waals surface area contributed by atoms with Crippen molar-refractivity contribution in [1.29, 1.82) is 0 Å². The second-order valence-corrected chi connectivity index (χ2v) is 5.42. The van der Waals surface area contributed by atoms with Crippen molar-refractivity contribution >= 4 is 0 Å². The first-order chi connectivity index (χ1) is 10.3. The van der Waals surface area contributed by atoms with E-state index >= 15 is 0 Å². The van der Waals surface area contributed by atoms with E-state index < -0.39 is 0 Å². The van der Waals surface area contributed by atoms with Crippen LogP contribution in [0.4, 0.5) is 0 Å². The molecule has 21 heavy (non-hydrogen) atoms. The minimum atomic E-state index is 0.449. The van der Waals surface area contributed by atoms with Gasteiger partial charge in [-0.15, -0.1) is 0 Å². The van der Waals surface area contributed by atoms with E-state index in [1.165, 1.54) is 5.56 Å². The third-order valence-corrected chi connectivity index (χ3v) is 3.97. The van der Waals surface area contributed by atoms with E-state index in [0.717, 1.165) is 56.2 Å². The van der Waals surface area contributed by atoms with Crippen molar-refractivity contribution < 1.29 is 9.26 Å². The maximum Gasteiger partial charge on any atom is 0.226 e. The number of piperidine rings is 1. The standard InChI is InChI=1S/C16H21N3O2/c1-20-14-5-2-12(3-6-14)4-7-15-18-16(19-21-15)13-8-10-17-11-9-13/h2-3,5-6,13,17H,4,7-11H2,1H3. The number of nitrogens with one attached hydrogen (secondary N) is 1. The molecule has 0 amide bonds. The fraction of sp³-hybridized carbons (Fsp3) is 0.500. The lowest BCUT2D eigenvalue weighted by atomic mass is 9.98. The Balaban J connectivity index is 1.56. The fourth-order valence-corrected chi connectivity index (χ4v) is 2.66. The summed E-state index contributed by atoms with van der Waals surface area (Å²) in [5.74, 6) is 2.94. The minimum absolute atomic E-state index is 0.449. The molecule has 1 aromatic heterocycles. The van der Waals surface area contributed by atoms with Gasteiger partial charge in [0.05, 0.1) is 7.11 Å². The van der Waals surface area contributed by atoms with Gasteiger partial charge in [-0.05, 0) is 50.0 Å². The van der Waals surface area contributed by atoms with Gasteiger partial charge in [-0.1, -0.05) is 17.3 Å². The van der Waals surface area contributed by atoms with Crippen molar-refractivity contribution in [3.05, 3.63) is 41.5 Å². The summed E-state index contributed by atoms with van der Waals surface area (Å²) in [6, 6.07) is 8.10. The monoisotopic (exact) mass is 287 g/mol. The van der Waals surface area contributed by atoms with Crippen LogP contribution in [0.15, 0.2) is 28.8 Å². The normalized spacial score (nSPS) is 16.0. The first-order valence-corrected chi connectivity index (χ1v) is 7.51. The molecule has 0 aliphatic carbocycles. The van der Waals surface area contributed by atoms with E-state index in [1.54, 1.807) is 7.11 Å². The van der Waals surface area contributed by atoms with Gasteiger partial charge in [0.1, 0.15) is 5.75 Å². The summed E-state index contributed by atoms with van der Waals surface area (Å²) in [5.41, 5.74) is 1.25. The molecule has 112 valence electrons. The third-order valence-electron chi connectivity index (χ3n) is 3.97. The van der Waals surface area contributed by atoms with Gasteiger partial charge in [0, 0.05) is 12.3 Å². The zero-order valence-electron chi connectivity index (χ0n) is 12.3. The Morgan fingerprint density at radius 3 is 2.67 bits per heavy atom. The van der Waals surface area contributed by atoms with Gasteiger partial charge in [0.2, 0.25) is 5.89 Å². The van der Waals surface area contributed by atoms with Crippen molar-refractivity contribution in [2.45, 2.75) is 31.6 Å². The highest BCUT2D eigenvalue weighted by Crippen LogP contribution is 2.22. The molecule has 1 saturated heterocycles. The molecule has 1 aromatic carbocycles. The Labute approximate surface area is 124 Å². The Bertz CT molecular complexity index is 559. The van der Waals surface area contributed by atoms with Crippen LogP contribution in [0.3, 0.4) is 0 Å². The summed E-state index contributed by atoms with van der Waals surface area (Å²) in [6.45, 7) is 2.08. The number of ether oxygens (including phenoxy) is 1. The Hall–Kier alpha value is -1.88. The lowest BCUT2D eigenvalue weighted by molar-refractivity contribution is 0.360. The van der Waals surface area contributed by atoms with E-state index in [1.807, 2.05) is 12.1 Å². The second kappa shape index (κ2) is 6.72. The number of aryl methyl sites for hydroxylation is 2. The molecule has 0 radical (unpaired) electrons. The van der Waals surface area contributed by atoms with E-state index in [9.17, 15) is 0 Å². The molecule has 1 aliphatic rings. The SMILES string of the molecule is COc1ccc(CCc2nc(C3CCNCC3)no2)cc1. The van der Waals surface area contributed by atoms with Crippen LogP contribution in [0.1, 0.15) is 36.0 Å². The van der Waals surface area contributed by atoms with Gasteiger partial charge >= 0.3 is 0 Å². The average molecular weight is 287 g/mol. The molecule has 0 atom stereocenters. The van der Waals surface area contributed by atoms with Crippen LogP contribution in [-0.4, -0.2) is 30.3 Å². The van der Waals surface area contributed by atoms with Crippen LogP contribution in [-0.2, 0) is 12.8 Å². The quantitative estimate of drug-likeness (QED) is 0.914. The molecule has 1 N–H and O–H groups in total. The topological polar surface area (TPSA) is 60.2 Å². The number of hydrogen-bond acceptors (Lipinski definition) is 5. The zero-order chi connectivity index (χ0) is 14.5. The van der Waals surface area contributed by atoms with Gasteiger partial charge in [0.25, 0.3) is 0 Å². The molecule has 0 bridgehead atoms. The first kappa shape index (κ1) is 14.1. The van der Waals surface area contributed by atoms with Gasteiger partial charge in [-0.3, -0.25) is 0 Å². The zero-order valence-corrected chi connectivity index (χ0v) is 12.3. The molecule has 5 nitrogen and oxygen atoms in total. The van der Waals surface area contributed by atoms with Crippen molar-refractivity contribution in [2.24, 2.45) is 0 Å². The molecule has 3 rings (SSSR count). The maximum absolute atomic E-state index is 5.38. The molecule has 2 aromatic rings. The molecule has 1 fully saturated rings. The lowest BCUT2D eigenvalue weighted by Crippen LogP contribution is -2.27. The van der Waals surface area contributed by atoms with E-state index in [-0.39, 0.29) is 0 Å². The van der Waals surface area contributed by atoms with Gasteiger partial charge < -0.3 is 14.6 Å². The average Bonchev–Trinajstić information content (AvgIpc) is 3.03. The lowest BCUT2D eigenvalue weighted by Gasteiger charge is -2.18. The summed E-state index contributed by atoms with van der Waals surface area (Å²) in [5, 5.41) is 7.50. The number of aromatic nitrogens is 2.